The number of amides is 2. The van der Waals surface area contributed by atoms with Crippen LogP contribution < -0.4 is 10.3 Å². The fourth-order valence-corrected chi connectivity index (χ4v) is 3.09. The number of aryl methyl sites for hydroxylation is 3. The van der Waals surface area contributed by atoms with Gasteiger partial charge in [0.1, 0.15) is 5.71 Å². The minimum Gasteiger partial charge on any atom is -0.351 e. The van der Waals surface area contributed by atoms with Gasteiger partial charge in [-0.15, -0.1) is 0 Å². The van der Waals surface area contributed by atoms with Gasteiger partial charge >= 0.3 is 0 Å². The Labute approximate surface area is 160 Å². The van der Waals surface area contributed by atoms with Gasteiger partial charge in [0.25, 0.3) is 5.91 Å². The predicted molar refractivity (Wildman–Crippen MR) is 108 cm³/mol. The first kappa shape index (κ1) is 18.8. The molecule has 3 rings (SSSR count). The summed E-state index contributed by atoms with van der Waals surface area (Å²) in [6, 6.07) is 16.1. The molecular weight excluding hydrogens is 338 g/mol. The van der Waals surface area contributed by atoms with Crippen LogP contribution in [0.4, 0.5) is 5.69 Å². The number of hydrogen-bond acceptors (Lipinski definition) is 3. The van der Waals surface area contributed by atoms with Gasteiger partial charge in [0.15, 0.2) is 0 Å². The van der Waals surface area contributed by atoms with Crippen LogP contribution in [0.1, 0.15) is 36.0 Å². The summed E-state index contributed by atoms with van der Waals surface area (Å²) in [6.07, 6.45) is 2.46. The van der Waals surface area contributed by atoms with Gasteiger partial charge in [0, 0.05) is 19.4 Å². The second-order valence-electron chi connectivity index (χ2n) is 6.89. The quantitative estimate of drug-likeness (QED) is 0.798. The van der Waals surface area contributed by atoms with Crippen molar-refractivity contribution in [3.63, 3.8) is 0 Å². The Balaban J connectivity index is 1.62. The van der Waals surface area contributed by atoms with Crippen molar-refractivity contribution >= 4 is 23.2 Å². The van der Waals surface area contributed by atoms with Gasteiger partial charge in [0.2, 0.25) is 5.91 Å². The average molecular weight is 363 g/mol. The third-order valence-electron chi connectivity index (χ3n) is 4.66. The van der Waals surface area contributed by atoms with E-state index in [2.05, 4.69) is 22.6 Å². The molecule has 27 heavy (non-hydrogen) atoms. The lowest BCUT2D eigenvalue weighted by atomic mass is 10.1. The van der Waals surface area contributed by atoms with E-state index in [1.807, 2.05) is 50.2 Å². The van der Waals surface area contributed by atoms with Gasteiger partial charge < -0.3 is 5.32 Å². The second kappa shape index (κ2) is 8.62. The monoisotopic (exact) mass is 363 g/mol. The molecule has 2 aromatic carbocycles. The molecule has 0 saturated carbocycles. The zero-order chi connectivity index (χ0) is 19.2. The van der Waals surface area contributed by atoms with E-state index in [-0.39, 0.29) is 11.8 Å². The molecule has 1 N–H and O–H groups in total. The lowest BCUT2D eigenvalue weighted by molar-refractivity contribution is -0.118. The first-order valence-corrected chi connectivity index (χ1v) is 9.34. The fourth-order valence-electron chi connectivity index (χ4n) is 3.09. The molecule has 0 atom stereocenters. The van der Waals surface area contributed by atoms with Crippen molar-refractivity contribution in [3.05, 3.63) is 65.2 Å². The van der Waals surface area contributed by atoms with Crippen LogP contribution in [0.5, 0.6) is 0 Å². The highest BCUT2D eigenvalue weighted by molar-refractivity contribution is 6.40. The Morgan fingerprint density at radius 1 is 1.11 bits per heavy atom. The summed E-state index contributed by atoms with van der Waals surface area (Å²) in [5, 5.41) is 8.67. The number of carbonyl (C=O) groups is 2. The van der Waals surface area contributed by atoms with Gasteiger partial charge in [-0.3, -0.25) is 9.59 Å². The minimum absolute atomic E-state index is 0.0793. The highest BCUT2D eigenvalue weighted by Gasteiger charge is 2.26. The van der Waals surface area contributed by atoms with Gasteiger partial charge in [-0.05, 0) is 49.4 Å². The lowest BCUT2D eigenvalue weighted by Gasteiger charge is -2.24. The van der Waals surface area contributed by atoms with E-state index in [0.717, 1.165) is 29.7 Å². The number of hydrazone groups is 1. The summed E-state index contributed by atoms with van der Waals surface area (Å²) < 4.78 is 0. The van der Waals surface area contributed by atoms with Crippen LogP contribution in [0.3, 0.4) is 0 Å². The average Bonchev–Trinajstić information content (AvgIpc) is 2.68. The van der Waals surface area contributed by atoms with E-state index in [4.69, 9.17) is 0 Å². The van der Waals surface area contributed by atoms with Crippen LogP contribution in [0, 0.1) is 13.8 Å². The Bertz CT molecular complexity index is 859. The number of anilines is 1. The second-order valence-corrected chi connectivity index (χ2v) is 6.89. The molecular formula is C22H25N3O2. The summed E-state index contributed by atoms with van der Waals surface area (Å²) >= 11 is 0. The molecule has 0 spiro atoms. The highest BCUT2D eigenvalue weighted by Crippen LogP contribution is 2.25. The van der Waals surface area contributed by atoms with Crippen LogP contribution in [-0.2, 0) is 16.0 Å². The Hall–Kier alpha value is -2.95. The van der Waals surface area contributed by atoms with Crippen molar-refractivity contribution in [1.29, 1.82) is 0 Å². The van der Waals surface area contributed by atoms with Crippen molar-refractivity contribution < 1.29 is 9.59 Å². The maximum Gasteiger partial charge on any atom is 0.267 e. The zero-order valence-corrected chi connectivity index (χ0v) is 15.9. The highest BCUT2D eigenvalue weighted by atomic mass is 16.2. The first-order chi connectivity index (χ1) is 13.0. The third kappa shape index (κ3) is 4.82. The van der Waals surface area contributed by atoms with Crippen molar-refractivity contribution in [3.8, 4) is 0 Å². The summed E-state index contributed by atoms with van der Waals surface area (Å²) in [5.74, 6) is -0.268. The fraction of sp³-hybridized carbons (Fsp3) is 0.318. The third-order valence-corrected chi connectivity index (χ3v) is 4.66. The van der Waals surface area contributed by atoms with Gasteiger partial charge in [0.05, 0.1) is 5.69 Å². The van der Waals surface area contributed by atoms with Gasteiger partial charge in [-0.25, -0.2) is 5.01 Å². The SMILES string of the molecule is Cc1ccc(C)c(N2N=C(C(=O)NCCCc3ccccc3)CCC2=O)c1. The van der Waals surface area contributed by atoms with Crippen LogP contribution in [0.15, 0.2) is 53.6 Å². The number of benzene rings is 2. The van der Waals surface area contributed by atoms with Crippen molar-refractivity contribution in [2.45, 2.75) is 39.5 Å². The minimum atomic E-state index is -0.189. The van der Waals surface area contributed by atoms with E-state index in [1.54, 1.807) is 0 Å². The van der Waals surface area contributed by atoms with E-state index in [1.165, 1.54) is 10.6 Å². The van der Waals surface area contributed by atoms with Crippen LogP contribution in [0.25, 0.3) is 0 Å². The van der Waals surface area contributed by atoms with E-state index < -0.39 is 0 Å². The number of nitrogens with zero attached hydrogens (tertiary/aromatic N) is 2. The molecule has 1 aliphatic rings. The molecule has 5 heteroatoms. The summed E-state index contributed by atoms with van der Waals surface area (Å²) in [7, 11) is 0. The number of nitrogens with one attached hydrogen (secondary N) is 1. The molecule has 2 amide bonds. The largest absolute Gasteiger partial charge is 0.351 e. The number of rotatable bonds is 6. The van der Waals surface area contributed by atoms with Gasteiger partial charge in [-0.2, -0.15) is 5.10 Å². The van der Waals surface area contributed by atoms with Gasteiger partial charge in [-0.1, -0.05) is 42.5 Å². The van der Waals surface area contributed by atoms with Crippen LogP contribution >= 0.6 is 0 Å². The van der Waals surface area contributed by atoms with Crippen molar-refractivity contribution in [2.24, 2.45) is 5.10 Å². The molecule has 0 saturated heterocycles. The molecule has 0 fully saturated rings. The standard InChI is InChI=1S/C22H25N3O2/c1-16-10-11-17(2)20(15-16)25-21(26)13-12-19(24-25)22(27)23-14-6-9-18-7-4-3-5-8-18/h3-5,7-8,10-11,15H,6,9,12-14H2,1-2H3,(H,23,27). The molecule has 140 valence electrons. The molecule has 0 aromatic heterocycles. The van der Waals surface area contributed by atoms with E-state index in [0.29, 0.717) is 25.1 Å². The summed E-state index contributed by atoms with van der Waals surface area (Å²) in [5.41, 5.74) is 4.43. The maximum absolute atomic E-state index is 12.5. The zero-order valence-electron chi connectivity index (χ0n) is 15.9. The molecule has 0 aliphatic carbocycles. The Kier molecular flexibility index (Phi) is 6.01. The molecule has 1 heterocycles. The molecule has 2 aromatic rings. The Morgan fingerprint density at radius 3 is 2.67 bits per heavy atom. The van der Waals surface area contributed by atoms with E-state index in [9.17, 15) is 9.59 Å². The molecule has 0 unspecified atom stereocenters. The topological polar surface area (TPSA) is 61.8 Å². The van der Waals surface area contributed by atoms with Crippen LogP contribution in [-0.4, -0.2) is 24.1 Å². The molecule has 1 aliphatic heterocycles. The normalized spacial score (nSPS) is 14.1. The van der Waals surface area contributed by atoms with Crippen molar-refractivity contribution in [2.75, 3.05) is 11.6 Å². The number of hydrogen-bond donors (Lipinski definition) is 1. The van der Waals surface area contributed by atoms with Crippen LogP contribution in [0.2, 0.25) is 0 Å². The summed E-state index contributed by atoms with van der Waals surface area (Å²) in [4.78, 5) is 24.8. The molecule has 0 radical (unpaired) electrons. The summed E-state index contributed by atoms with van der Waals surface area (Å²) in [6.45, 7) is 4.50. The first-order valence-electron chi connectivity index (χ1n) is 9.34. The van der Waals surface area contributed by atoms with E-state index >= 15 is 0 Å². The maximum atomic E-state index is 12.5. The predicted octanol–water partition coefficient (Wildman–Crippen LogP) is 3.54. The smallest absolute Gasteiger partial charge is 0.267 e. The molecule has 0 bridgehead atoms. The van der Waals surface area contributed by atoms with Crippen molar-refractivity contribution in [1.82, 2.24) is 5.32 Å². The lowest BCUT2D eigenvalue weighted by Crippen LogP contribution is -2.39. The molecule has 5 nitrogen and oxygen atoms in total. The number of carbonyl (C=O) groups excluding carboxylic acids is 2. The Morgan fingerprint density at radius 2 is 1.89 bits per heavy atom.